The van der Waals surface area contributed by atoms with Gasteiger partial charge in [-0.3, -0.25) is 9.59 Å². The molecule has 0 fully saturated rings. The first kappa shape index (κ1) is 15.9. The SMILES string of the molecule is O=C(O)CC(NC(=O)c1cccc2c1OCCO2)c1ccccc1. The Hall–Kier alpha value is -3.02. The van der Waals surface area contributed by atoms with E-state index in [-0.39, 0.29) is 6.42 Å². The Labute approximate surface area is 139 Å². The van der Waals surface area contributed by atoms with Crippen molar-refractivity contribution in [2.24, 2.45) is 0 Å². The molecule has 6 heteroatoms. The lowest BCUT2D eigenvalue weighted by Gasteiger charge is -2.22. The zero-order chi connectivity index (χ0) is 16.9. The third kappa shape index (κ3) is 3.48. The first-order valence-corrected chi connectivity index (χ1v) is 7.61. The highest BCUT2D eigenvalue weighted by atomic mass is 16.6. The summed E-state index contributed by atoms with van der Waals surface area (Å²) in [6.45, 7) is 0.804. The molecule has 1 amide bonds. The zero-order valence-corrected chi connectivity index (χ0v) is 12.9. The summed E-state index contributed by atoms with van der Waals surface area (Å²) in [7, 11) is 0. The van der Waals surface area contributed by atoms with Gasteiger partial charge in [-0.1, -0.05) is 36.4 Å². The number of ether oxygens (including phenoxy) is 2. The summed E-state index contributed by atoms with van der Waals surface area (Å²) < 4.78 is 11.0. The van der Waals surface area contributed by atoms with E-state index < -0.39 is 17.9 Å². The van der Waals surface area contributed by atoms with Gasteiger partial charge in [-0.15, -0.1) is 0 Å². The van der Waals surface area contributed by atoms with Crippen molar-refractivity contribution < 1.29 is 24.2 Å². The molecule has 1 heterocycles. The van der Waals surface area contributed by atoms with E-state index in [0.717, 1.165) is 5.56 Å². The number of hydrogen-bond acceptors (Lipinski definition) is 4. The van der Waals surface area contributed by atoms with Crippen LogP contribution < -0.4 is 14.8 Å². The minimum atomic E-state index is -0.987. The van der Waals surface area contributed by atoms with Crippen molar-refractivity contribution in [3.63, 3.8) is 0 Å². The molecule has 0 bridgehead atoms. The lowest BCUT2D eigenvalue weighted by Crippen LogP contribution is -2.31. The third-order valence-electron chi connectivity index (χ3n) is 3.70. The standard InChI is InChI=1S/C18H17NO5/c20-16(21)11-14(12-5-2-1-3-6-12)19-18(22)13-7-4-8-15-17(13)24-10-9-23-15/h1-8,14H,9-11H2,(H,19,22)(H,20,21). The Morgan fingerprint density at radius 3 is 2.54 bits per heavy atom. The van der Waals surface area contributed by atoms with E-state index in [1.165, 1.54) is 0 Å². The van der Waals surface area contributed by atoms with Crippen LogP contribution in [0.4, 0.5) is 0 Å². The molecule has 2 aromatic rings. The van der Waals surface area contributed by atoms with E-state index >= 15 is 0 Å². The summed E-state index contributed by atoms with van der Waals surface area (Å²) in [5.74, 6) is -0.474. The van der Waals surface area contributed by atoms with Gasteiger partial charge in [0.05, 0.1) is 18.0 Å². The van der Waals surface area contributed by atoms with Gasteiger partial charge in [-0.25, -0.2) is 0 Å². The highest BCUT2D eigenvalue weighted by molar-refractivity contribution is 5.98. The van der Waals surface area contributed by atoms with Crippen LogP contribution in [0.2, 0.25) is 0 Å². The Kier molecular flexibility index (Phi) is 4.65. The fraction of sp³-hybridized carbons (Fsp3) is 0.222. The van der Waals surface area contributed by atoms with E-state index in [9.17, 15) is 9.59 Å². The maximum atomic E-state index is 12.6. The van der Waals surface area contributed by atoms with E-state index in [1.807, 2.05) is 6.07 Å². The van der Waals surface area contributed by atoms with E-state index in [1.54, 1.807) is 42.5 Å². The third-order valence-corrected chi connectivity index (χ3v) is 3.70. The molecule has 1 unspecified atom stereocenters. The average Bonchev–Trinajstić information content (AvgIpc) is 2.61. The quantitative estimate of drug-likeness (QED) is 0.881. The largest absolute Gasteiger partial charge is 0.486 e. The number of carboxylic acids is 1. The Balaban J connectivity index is 1.85. The van der Waals surface area contributed by atoms with Crippen LogP contribution >= 0.6 is 0 Å². The predicted octanol–water partition coefficient (Wildman–Crippen LogP) is 2.40. The molecule has 6 nitrogen and oxygen atoms in total. The molecule has 0 radical (unpaired) electrons. The highest BCUT2D eigenvalue weighted by Gasteiger charge is 2.24. The molecule has 1 aliphatic heterocycles. The first-order chi connectivity index (χ1) is 11.6. The van der Waals surface area contributed by atoms with Gasteiger partial charge in [0.25, 0.3) is 5.91 Å². The van der Waals surface area contributed by atoms with Gasteiger partial charge < -0.3 is 19.9 Å². The number of fused-ring (bicyclic) bond motifs is 1. The molecule has 0 aliphatic carbocycles. The summed E-state index contributed by atoms with van der Waals surface area (Å²) in [4.78, 5) is 23.8. The first-order valence-electron chi connectivity index (χ1n) is 7.61. The van der Waals surface area contributed by atoms with Crippen LogP contribution in [0.3, 0.4) is 0 Å². The minimum Gasteiger partial charge on any atom is -0.486 e. The molecule has 2 aromatic carbocycles. The molecule has 2 N–H and O–H groups in total. The summed E-state index contributed by atoms with van der Waals surface area (Å²) in [6, 6.07) is 13.5. The van der Waals surface area contributed by atoms with Crippen LogP contribution in [0.1, 0.15) is 28.4 Å². The minimum absolute atomic E-state index is 0.206. The Morgan fingerprint density at radius 2 is 1.79 bits per heavy atom. The van der Waals surface area contributed by atoms with Gasteiger partial charge in [0.15, 0.2) is 11.5 Å². The Morgan fingerprint density at radius 1 is 1.04 bits per heavy atom. The fourth-order valence-electron chi connectivity index (χ4n) is 2.60. The monoisotopic (exact) mass is 327 g/mol. The number of carboxylic acid groups (broad SMARTS) is 1. The van der Waals surface area contributed by atoms with Crippen LogP contribution in [0.15, 0.2) is 48.5 Å². The molecule has 0 saturated heterocycles. The number of carbonyl (C=O) groups excluding carboxylic acids is 1. The number of para-hydroxylation sites is 1. The molecule has 1 aliphatic rings. The summed E-state index contributed by atoms with van der Waals surface area (Å²) in [5.41, 5.74) is 1.06. The number of hydrogen-bond donors (Lipinski definition) is 2. The number of amides is 1. The van der Waals surface area contributed by atoms with Crippen molar-refractivity contribution in [1.82, 2.24) is 5.32 Å². The van der Waals surface area contributed by atoms with Crippen molar-refractivity contribution in [3.8, 4) is 11.5 Å². The van der Waals surface area contributed by atoms with Gasteiger partial charge in [0.2, 0.25) is 0 Å². The van der Waals surface area contributed by atoms with Gasteiger partial charge in [0.1, 0.15) is 13.2 Å². The average molecular weight is 327 g/mol. The molecular weight excluding hydrogens is 310 g/mol. The number of benzene rings is 2. The van der Waals surface area contributed by atoms with Gasteiger partial charge in [-0.05, 0) is 17.7 Å². The molecule has 1 atom stereocenters. The van der Waals surface area contributed by atoms with Crippen molar-refractivity contribution in [3.05, 3.63) is 59.7 Å². The van der Waals surface area contributed by atoms with E-state index in [2.05, 4.69) is 5.32 Å². The second-order valence-corrected chi connectivity index (χ2v) is 5.36. The molecule has 24 heavy (non-hydrogen) atoms. The fourth-order valence-corrected chi connectivity index (χ4v) is 2.60. The van der Waals surface area contributed by atoms with Crippen molar-refractivity contribution in [2.75, 3.05) is 13.2 Å². The van der Waals surface area contributed by atoms with E-state index in [0.29, 0.717) is 30.3 Å². The van der Waals surface area contributed by atoms with Crippen LogP contribution in [0.25, 0.3) is 0 Å². The zero-order valence-electron chi connectivity index (χ0n) is 12.9. The number of aliphatic carboxylic acids is 1. The maximum Gasteiger partial charge on any atom is 0.305 e. The van der Waals surface area contributed by atoms with Gasteiger partial charge in [0, 0.05) is 0 Å². The van der Waals surface area contributed by atoms with Crippen LogP contribution in [-0.4, -0.2) is 30.2 Å². The maximum absolute atomic E-state index is 12.6. The summed E-state index contributed by atoms with van der Waals surface area (Å²) in [5, 5.41) is 11.9. The predicted molar refractivity (Wildman–Crippen MR) is 86.3 cm³/mol. The number of carbonyl (C=O) groups is 2. The molecule has 0 saturated carbocycles. The molecule has 3 rings (SSSR count). The van der Waals surface area contributed by atoms with Crippen molar-refractivity contribution >= 4 is 11.9 Å². The van der Waals surface area contributed by atoms with Crippen molar-refractivity contribution in [1.29, 1.82) is 0 Å². The van der Waals surface area contributed by atoms with Crippen LogP contribution in [0, 0.1) is 0 Å². The summed E-state index contributed by atoms with van der Waals surface area (Å²) in [6.07, 6.45) is -0.206. The van der Waals surface area contributed by atoms with Crippen LogP contribution in [0.5, 0.6) is 11.5 Å². The lowest BCUT2D eigenvalue weighted by atomic mass is 10.0. The second kappa shape index (κ2) is 7.04. The Bertz CT molecular complexity index is 744. The molecule has 124 valence electrons. The number of rotatable bonds is 5. The van der Waals surface area contributed by atoms with Gasteiger partial charge in [-0.2, -0.15) is 0 Å². The van der Waals surface area contributed by atoms with Gasteiger partial charge >= 0.3 is 5.97 Å². The smallest absolute Gasteiger partial charge is 0.305 e. The van der Waals surface area contributed by atoms with Crippen LogP contribution in [-0.2, 0) is 4.79 Å². The second-order valence-electron chi connectivity index (χ2n) is 5.36. The lowest BCUT2D eigenvalue weighted by molar-refractivity contribution is -0.137. The topological polar surface area (TPSA) is 84.9 Å². The molecular formula is C18H17NO5. The van der Waals surface area contributed by atoms with E-state index in [4.69, 9.17) is 14.6 Å². The molecule has 0 aromatic heterocycles. The highest BCUT2D eigenvalue weighted by Crippen LogP contribution is 2.34. The number of nitrogens with one attached hydrogen (secondary N) is 1. The van der Waals surface area contributed by atoms with Crippen molar-refractivity contribution in [2.45, 2.75) is 12.5 Å². The molecule has 0 spiro atoms. The normalized spacial score (nSPS) is 13.8. The summed E-state index contributed by atoms with van der Waals surface area (Å²) >= 11 is 0.